The minimum absolute atomic E-state index is 0.119. The fourth-order valence-electron chi connectivity index (χ4n) is 8.04. The molecule has 0 saturated heterocycles. The fraction of sp³-hybridized carbons (Fsp3) is 0.0851. The highest BCUT2D eigenvalue weighted by atomic mass is 15.2. The zero-order valence-corrected chi connectivity index (χ0v) is 29.0. The summed E-state index contributed by atoms with van der Waals surface area (Å²) < 4.78 is 2.33. The van der Waals surface area contributed by atoms with Gasteiger partial charge in [0.1, 0.15) is 17.5 Å². The van der Waals surface area contributed by atoms with Crippen molar-refractivity contribution in [1.82, 2.24) is 14.9 Å². The summed E-state index contributed by atoms with van der Waals surface area (Å²) in [4.78, 5) is 15.3. The molecule has 2 aliphatic rings. The van der Waals surface area contributed by atoms with Gasteiger partial charge in [0.15, 0.2) is 6.17 Å². The van der Waals surface area contributed by atoms with Crippen LogP contribution in [0.3, 0.4) is 0 Å². The van der Waals surface area contributed by atoms with Crippen LogP contribution in [0.15, 0.2) is 174 Å². The number of aromatic nitrogens is 2. The molecule has 1 N–H and O–H groups in total. The summed E-state index contributed by atoms with van der Waals surface area (Å²) in [6, 6.07) is 55.8. The Balaban J connectivity index is 1.14. The summed E-state index contributed by atoms with van der Waals surface area (Å²) in [5.74, 6) is 2.43. The van der Waals surface area contributed by atoms with Crippen LogP contribution in [-0.4, -0.2) is 21.2 Å². The van der Waals surface area contributed by atoms with Crippen molar-refractivity contribution in [3.05, 3.63) is 192 Å². The molecule has 0 unspecified atom stereocenters. The van der Waals surface area contributed by atoms with Gasteiger partial charge in [0.05, 0.1) is 11.0 Å². The first-order chi connectivity index (χ1) is 25.5. The third kappa shape index (κ3) is 4.81. The number of pyridine rings is 1. The van der Waals surface area contributed by atoms with Crippen molar-refractivity contribution in [3.63, 3.8) is 0 Å². The van der Waals surface area contributed by atoms with Gasteiger partial charge in [-0.1, -0.05) is 141 Å². The first-order valence-electron chi connectivity index (χ1n) is 17.8. The van der Waals surface area contributed by atoms with Crippen LogP contribution in [0.25, 0.3) is 49.9 Å². The molecule has 1 aliphatic heterocycles. The van der Waals surface area contributed by atoms with E-state index in [4.69, 9.17) is 15.0 Å². The van der Waals surface area contributed by atoms with E-state index < -0.39 is 6.17 Å². The molecule has 0 amide bonds. The molecule has 0 saturated carbocycles. The number of hydrogen-bond acceptors (Lipinski definition) is 4. The molecule has 52 heavy (non-hydrogen) atoms. The Labute approximate surface area is 302 Å². The van der Waals surface area contributed by atoms with Crippen LogP contribution >= 0.6 is 0 Å². The maximum Gasteiger partial charge on any atom is 0.171 e. The Morgan fingerprint density at radius 1 is 0.519 bits per heavy atom. The molecule has 3 heterocycles. The predicted molar refractivity (Wildman–Crippen MR) is 213 cm³/mol. The Morgan fingerprint density at radius 3 is 1.79 bits per heavy atom. The second kappa shape index (κ2) is 11.7. The standard InChI is InChI=1S/C47H35N5/c1-47(2)39-21-13-12-20-35(39)37-27-38-36-24-22-33(30-14-6-3-7-15-30)26-41(36)52(42(38)28-40(37)47)43-25-23-34(29-48-43)46-50-44(31-16-8-4-9-17-31)49-45(51-46)32-18-10-5-11-19-32/h3-29,46H,1-2H3,(H,49,50,51). The highest BCUT2D eigenvalue weighted by Crippen LogP contribution is 2.51. The Bertz CT molecular complexity index is 2650. The van der Waals surface area contributed by atoms with Crippen LogP contribution in [-0.2, 0) is 5.41 Å². The van der Waals surface area contributed by atoms with Crippen molar-refractivity contribution >= 4 is 33.5 Å². The van der Waals surface area contributed by atoms with Gasteiger partial charge in [-0.15, -0.1) is 0 Å². The molecule has 10 rings (SSSR count). The van der Waals surface area contributed by atoms with E-state index >= 15 is 0 Å². The highest BCUT2D eigenvalue weighted by molar-refractivity contribution is 6.16. The van der Waals surface area contributed by atoms with E-state index in [0.29, 0.717) is 0 Å². The summed E-state index contributed by atoms with van der Waals surface area (Å²) >= 11 is 0. The van der Waals surface area contributed by atoms with E-state index in [1.165, 1.54) is 44.2 Å². The molecular weight excluding hydrogens is 635 g/mol. The number of nitrogens with zero attached hydrogens (tertiary/aromatic N) is 4. The molecular formula is C47H35N5. The lowest BCUT2D eigenvalue weighted by Gasteiger charge is -2.22. The van der Waals surface area contributed by atoms with Gasteiger partial charge in [0.2, 0.25) is 0 Å². The van der Waals surface area contributed by atoms with Gasteiger partial charge in [0, 0.05) is 39.1 Å². The molecule has 8 aromatic rings. The van der Waals surface area contributed by atoms with E-state index in [1.54, 1.807) is 0 Å². The maximum absolute atomic E-state index is 5.17. The summed E-state index contributed by atoms with van der Waals surface area (Å²) in [5.41, 5.74) is 12.8. The summed E-state index contributed by atoms with van der Waals surface area (Å²) in [7, 11) is 0. The van der Waals surface area contributed by atoms with Crippen molar-refractivity contribution in [3.8, 4) is 28.1 Å². The average Bonchev–Trinajstić information content (AvgIpc) is 3.65. The summed E-state index contributed by atoms with van der Waals surface area (Å²) in [5, 5.41) is 5.92. The topological polar surface area (TPSA) is 54.6 Å². The molecule has 5 heteroatoms. The summed E-state index contributed by atoms with van der Waals surface area (Å²) in [6.45, 7) is 4.68. The fourth-order valence-corrected chi connectivity index (χ4v) is 8.04. The number of aliphatic imine (C=N–C) groups is 2. The number of hydrogen-bond donors (Lipinski definition) is 1. The van der Waals surface area contributed by atoms with E-state index in [0.717, 1.165) is 45.2 Å². The van der Waals surface area contributed by atoms with Gasteiger partial charge >= 0.3 is 0 Å². The van der Waals surface area contributed by atoms with Gasteiger partial charge in [-0.2, -0.15) is 0 Å². The normalized spacial score (nSPS) is 14.8. The molecule has 0 bridgehead atoms. The first-order valence-corrected chi connectivity index (χ1v) is 17.8. The molecule has 2 aromatic heterocycles. The van der Waals surface area contributed by atoms with Gasteiger partial charge in [-0.05, 0) is 63.7 Å². The Kier molecular flexibility index (Phi) is 6.83. The highest BCUT2D eigenvalue weighted by Gasteiger charge is 2.36. The number of benzene rings is 6. The lowest BCUT2D eigenvalue weighted by molar-refractivity contribution is 0.661. The van der Waals surface area contributed by atoms with E-state index in [-0.39, 0.29) is 5.41 Å². The van der Waals surface area contributed by atoms with E-state index in [2.05, 4.69) is 145 Å². The lowest BCUT2D eigenvalue weighted by atomic mass is 9.82. The minimum atomic E-state index is -0.446. The zero-order valence-electron chi connectivity index (χ0n) is 29.0. The lowest BCUT2D eigenvalue weighted by Crippen LogP contribution is -2.36. The molecule has 5 nitrogen and oxygen atoms in total. The molecule has 1 aliphatic carbocycles. The second-order valence-electron chi connectivity index (χ2n) is 14.2. The van der Waals surface area contributed by atoms with Crippen molar-refractivity contribution in [2.75, 3.05) is 0 Å². The molecule has 0 spiro atoms. The van der Waals surface area contributed by atoms with Crippen molar-refractivity contribution in [2.24, 2.45) is 9.98 Å². The van der Waals surface area contributed by atoms with Gasteiger partial charge in [-0.25, -0.2) is 15.0 Å². The number of nitrogens with one attached hydrogen (secondary N) is 1. The minimum Gasteiger partial charge on any atom is -0.324 e. The Hall–Kier alpha value is -6.59. The van der Waals surface area contributed by atoms with Crippen LogP contribution < -0.4 is 5.32 Å². The van der Waals surface area contributed by atoms with Crippen LogP contribution in [0, 0.1) is 0 Å². The number of rotatable bonds is 5. The summed E-state index contributed by atoms with van der Waals surface area (Å²) in [6.07, 6.45) is 1.49. The predicted octanol–water partition coefficient (Wildman–Crippen LogP) is 10.6. The SMILES string of the molecule is CC1(C)c2ccccc2-c2cc3c4ccc(-c5ccccc5)cc4n(-c4ccc(C5N=C(c6ccccc6)NC(c6ccccc6)=N5)cn4)c3cc21. The largest absolute Gasteiger partial charge is 0.324 e. The zero-order chi connectivity index (χ0) is 34.8. The van der Waals surface area contributed by atoms with Crippen LogP contribution in [0.5, 0.6) is 0 Å². The quantitative estimate of drug-likeness (QED) is 0.198. The number of fused-ring (bicyclic) bond motifs is 6. The maximum atomic E-state index is 5.17. The molecule has 248 valence electrons. The van der Waals surface area contributed by atoms with Crippen molar-refractivity contribution in [2.45, 2.75) is 25.4 Å². The first kappa shape index (κ1) is 30.3. The van der Waals surface area contributed by atoms with Gasteiger partial charge < -0.3 is 5.32 Å². The van der Waals surface area contributed by atoms with Crippen LogP contribution in [0.1, 0.15) is 47.8 Å². The second-order valence-corrected chi connectivity index (χ2v) is 14.2. The molecule has 6 aromatic carbocycles. The van der Waals surface area contributed by atoms with Gasteiger partial charge in [-0.3, -0.25) is 4.57 Å². The third-order valence-electron chi connectivity index (χ3n) is 10.7. The van der Waals surface area contributed by atoms with Crippen molar-refractivity contribution in [1.29, 1.82) is 0 Å². The third-order valence-corrected chi connectivity index (χ3v) is 10.7. The van der Waals surface area contributed by atoms with E-state index in [1.807, 2.05) is 42.6 Å². The van der Waals surface area contributed by atoms with Crippen molar-refractivity contribution < 1.29 is 0 Å². The molecule has 0 atom stereocenters. The monoisotopic (exact) mass is 669 g/mol. The Morgan fingerprint density at radius 2 is 1.13 bits per heavy atom. The van der Waals surface area contributed by atoms with Crippen LogP contribution in [0.4, 0.5) is 0 Å². The van der Waals surface area contributed by atoms with E-state index in [9.17, 15) is 0 Å². The number of amidine groups is 2. The van der Waals surface area contributed by atoms with Gasteiger partial charge in [0.25, 0.3) is 0 Å². The molecule has 0 radical (unpaired) electrons. The molecule has 0 fully saturated rings. The van der Waals surface area contributed by atoms with Crippen LogP contribution in [0.2, 0.25) is 0 Å². The average molecular weight is 670 g/mol. The smallest absolute Gasteiger partial charge is 0.171 e.